The summed E-state index contributed by atoms with van der Waals surface area (Å²) in [5, 5.41) is 3.89. The molecule has 0 aliphatic rings. The molecule has 23 heavy (non-hydrogen) atoms. The maximum absolute atomic E-state index is 12.4. The standard InChI is InChI=1S/C16H23ClN4O2/c1-11(2)23-8-7-18-9-13-15(16(22)20(3)4)19-14-6-5-12(17)10-21(13)14/h5-6,10-11,18H,7-9H2,1-4H3. The molecular weight excluding hydrogens is 316 g/mol. The lowest BCUT2D eigenvalue weighted by molar-refractivity contribution is 0.0805. The van der Waals surface area contributed by atoms with E-state index >= 15 is 0 Å². The number of amides is 1. The molecule has 2 aromatic heterocycles. The van der Waals surface area contributed by atoms with Crippen LogP contribution in [-0.4, -0.2) is 53.5 Å². The van der Waals surface area contributed by atoms with E-state index in [-0.39, 0.29) is 12.0 Å². The highest BCUT2D eigenvalue weighted by atomic mass is 35.5. The number of nitrogens with zero attached hydrogens (tertiary/aromatic N) is 3. The lowest BCUT2D eigenvalue weighted by atomic mass is 10.3. The van der Waals surface area contributed by atoms with Crippen molar-refractivity contribution in [3.8, 4) is 0 Å². The van der Waals surface area contributed by atoms with Crippen LogP contribution >= 0.6 is 11.6 Å². The van der Waals surface area contributed by atoms with Gasteiger partial charge in [0.25, 0.3) is 5.91 Å². The molecular formula is C16H23ClN4O2. The topological polar surface area (TPSA) is 58.9 Å². The fraction of sp³-hybridized carbons (Fsp3) is 0.500. The van der Waals surface area contributed by atoms with E-state index in [0.29, 0.717) is 36.1 Å². The molecule has 0 aromatic carbocycles. The van der Waals surface area contributed by atoms with Crippen LogP contribution in [0, 0.1) is 0 Å². The van der Waals surface area contributed by atoms with Gasteiger partial charge in [-0.1, -0.05) is 11.6 Å². The summed E-state index contributed by atoms with van der Waals surface area (Å²) in [6.45, 7) is 5.83. The molecule has 0 aliphatic heterocycles. The average molecular weight is 339 g/mol. The molecule has 0 saturated carbocycles. The Morgan fingerprint density at radius 3 is 2.83 bits per heavy atom. The Labute approximate surface area is 141 Å². The van der Waals surface area contributed by atoms with E-state index in [9.17, 15) is 4.79 Å². The first-order chi connectivity index (χ1) is 10.9. The van der Waals surface area contributed by atoms with Gasteiger partial charge in [-0.15, -0.1) is 0 Å². The molecule has 0 fully saturated rings. The monoisotopic (exact) mass is 338 g/mol. The largest absolute Gasteiger partial charge is 0.377 e. The normalized spacial score (nSPS) is 11.4. The van der Waals surface area contributed by atoms with Gasteiger partial charge in [0.1, 0.15) is 5.65 Å². The third-order valence-electron chi connectivity index (χ3n) is 3.31. The minimum absolute atomic E-state index is 0.125. The Balaban J connectivity index is 2.22. The Bertz CT molecular complexity index is 682. The number of ether oxygens (including phenoxy) is 1. The molecule has 126 valence electrons. The van der Waals surface area contributed by atoms with Crippen molar-refractivity contribution in [2.24, 2.45) is 0 Å². The minimum Gasteiger partial charge on any atom is -0.377 e. The molecule has 1 N–H and O–H groups in total. The first-order valence-electron chi connectivity index (χ1n) is 7.60. The van der Waals surface area contributed by atoms with Gasteiger partial charge in [0.05, 0.1) is 23.4 Å². The van der Waals surface area contributed by atoms with Crippen LogP contribution in [0.15, 0.2) is 18.3 Å². The van der Waals surface area contributed by atoms with Crippen LogP contribution in [0.4, 0.5) is 0 Å². The van der Waals surface area contributed by atoms with Gasteiger partial charge >= 0.3 is 0 Å². The molecule has 2 aromatic rings. The van der Waals surface area contributed by atoms with Crippen molar-refractivity contribution in [3.05, 3.63) is 34.7 Å². The van der Waals surface area contributed by atoms with Gasteiger partial charge in [0.2, 0.25) is 0 Å². The number of carbonyl (C=O) groups is 1. The van der Waals surface area contributed by atoms with Crippen molar-refractivity contribution in [2.75, 3.05) is 27.2 Å². The number of imidazole rings is 1. The number of halogens is 1. The van der Waals surface area contributed by atoms with Crippen molar-refractivity contribution < 1.29 is 9.53 Å². The van der Waals surface area contributed by atoms with Crippen molar-refractivity contribution in [2.45, 2.75) is 26.5 Å². The molecule has 0 atom stereocenters. The molecule has 0 bridgehead atoms. The zero-order valence-corrected chi connectivity index (χ0v) is 14.7. The predicted molar refractivity (Wildman–Crippen MR) is 91.0 cm³/mol. The number of rotatable bonds is 7. The Morgan fingerprint density at radius 2 is 2.17 bits per heavy atom. The van der Waals surface area contributed by atoms with Crippen LogP contribution < -0.4 is 5.32 Å². The summed E-state index contributed by atoms with van der Waals surface area (Å²) in [7, 11) is 3.43. The molecule has 0 spiro atoms. The van der Waals surface area contributed by atoms with Crippen molar-refractivity contribution in [3.63, 3.8) is 0 Å². The van der Waals surface area contributed by atoms with E-state index in [4.69, 9.17) is 16.3 Å². The predicted octanol–water partition coefficient (Wildman–Crippen LogP) is 2.20. The van der Waals surface area contributed by atoms with Gasteiger partial charge < -0.3 is 19.4 Å². The second-order valence-corrected chi connectivity index (χ2v) is 6.21. The molecule has 0 aliphatic carbocycles. The number of hydrogen-bond donors (Lipinski definition) is 1. The minimum atomic E-state index is -0.125. The smallest absolute Gasteiger partial charge is 0.273 e. The maximum atomic E-state index is 12.4. The summed E-state index contributed by atoms with van der Waals surface area (Å²) in [5.41, 5.74) is 1.94. The summed E-state index contributed by atoms with van der Waals surface area (Å²) in [6.07, 6.45) is 1.98. The summed E-state index contributed by atoms with van der Waals surface area (Å²) in [6, 6.07) is 3.57. The van der Waals surface area contributed by atoms with Crippen LogP contribution in [0.25, 0.3) is 5.65 Å². The summed E-state index contributed by atoms with van der Waals surface area (Å²) in [4.78, 5) is 18.3. The van der Waals surface area contributed by atoms with Gasteiger partial charge in [-0.2, -0.15) is 0 Å². The Hall–Kier alpha value is -1.63. The third-order valence-corrected chi connectivity index (χ3v) is 3.54. The molecule has 0 radical (unpaired) electrons. The zero-order valence-electron chi connectivity index (χ0n) is 14.0. The molecule has 2 heterocycles. The zero-order chi connectivity index (χ0) is 17.0. The van der Waals surface area contributed by atoms with Gasteiger partial charge in [-0.05, 0) is 26.0 Å². The van der Waals surface area contributed by atoms with Crippen LogP contribution in [0.5, 0.6) is 0 Å². The molecule has 2 rings (SSSR count). The molecule has 0 saturated heterocycles. The average Bonchev–Trinajstić information content (AvgIpc) is 2.83. The second kappa shape index (κ2) is 7.77. The number of carbonyl (C=O) groups excluding carboxylic acids is 1. The molecule has 7 heteroatoms. The van der Waals surface area contributed by atoms with Crippen LogP contribution in [0.2, 0.25) is 5.02 Å². The highest BCUT2D eigenvalue weighted by Crippen LogP contribution is 2.17. The van der Waals surface area contributed by atoms with E-state index < -0.39 is 0 Å². The first kappa shape index (κ1) is 17.7. The highest BCUT2D eigenvalue weighted by Gasteiger charge is 2.20. The molecule has 0 unspecified atom stereocenters. The number of hydrogen-bond acceptors (Lipinski definition) is 4. The number of fused-ring (bicyclic) bond motifs is 1. The van der Waals surface area contributed by atoms with E-state index in [1.54, 1.807) is 32.4 Å². The van der Waals surface area contributed by atoms with E-state index in [1.807, 2.05) is 18.2 Å². The Kier molecular flexibility index (Phi) is 5.98. The van der Waals surface area contributed by atoms with Crippen LogP contribution in [0.3, 0.4) is 0 Å². The van der Waals surface area contributed by atoms with Gasteiger partial charge in [0, 0.05) is 33.4 Å². The maximum Gasteiger partial charge on any atom is 0.273 e. The number of pyridine rings is 1. The fourth-order valence-electron chi connectivity index (χ4n) is 2.19. The Morgan fingerprint density at radius 1 is 1.43 bits per heavy atom. The lowest BCUT2D eigenvalue weighted by Gasteiger charge is -2.12. The van der Waals surface area contributed by atoms with Gasteiger partial charge in [0.15, 0.2) is 5.69 Å². The summed E-state index contributed by atoms with van der Waals surface area (Å²) < 4.78 is 7.36. The third kappa shape index (κ3) is 4.43. The highest BCUT2D eigenvalue weighted by molar-refractivity contribution is 6.30. The molecule has 1 amide bonds. The first-order valence-corrected chi connectivity index (χ1v) is 7.98. The van der Waals surface area contributed by atoms with Gasteiger partial charge in [-0.25, -0.2) is 4.98 Å². The molecule has 6 nitrogen and oxygen atoms in total. The van der Waals surface area contributed by atoms with Crippen molar-refractivity contribution in [1.82, 2.24) is 19.6 Å². The van der Waals surface area contributed by atoms with E-state index in [0.717, 1.165) is 5.69 Å². The summed E-state index contributed by atoms with van der Waals surface area (Å²) in [5.74, 6) is -0.125. The second-order valence-electron chi connectivity index (χ2n) is 5.78. The SMILES string of the molecule is CC(C)OCCNCc1c(C(=O)N(C)C)nc2ccc(Cl)cn12. The number of aromatic nitrogens is 2. The summed E-state index contributed by atoms with van der Waals surface area (Å²) >= 11 is 6.08. The quantitative estimate of drug-likeness (QED) is 0.786. The van der Waals surface area contributed by atoms with Crippen molar-refractivity contribution >= 4 is 23.2 Å². The number of nitrogens with one attached hydrogen (secondary N) is 1. The van der Waals surface area contributed by atoms with Crippen LogP contribution in [0.1, 0.15) is 30.0 Å². The van der Waals surface area contributed by atoms with Crippen LogP contribution in [-0.2, 0) is 11.3 Å². The van der Waals surface area contributed by atoms with E-state index in [2.05, 4.69) is 10.3 Å². The van der Waals surface area contributed by atoms with E-state index in [1.165, 1.54) is 4.90 Å². The van der Waals surface area contributed by atoms with Gasteiger partial charge in [-0.3, -0.25) is 4.79 Å². The lowest BCUT2D eigenvalue weighted by Crippen LogP contribution is -2.26. The van der Waals surface area contributed by atoms with Crippen molar-refractivity contribution in [1.29, 1.82) is 0 Å². The fourth-order valence-corrected chi connectivity index (χ4v) is 2.35.